The minimum atomic E-state index is -0.437. The molecule has 1 N–H and O–H groups in total. The highest BCUT2D eigenvalue weighted by Crippen LogP contribution is 2.42. The first kappa shape index (κ1) is 19.5. The van der Waals surface area contributed by atoms with Gasteiger partial charge >= 0.3 is 0 Å². The van der Waals surface area contributed by atoms with Crippen LogP contribution in [0.3, 0.4) is 0 Å². The molecule has 26 heavy (non-hydrogen) atoms. The van der Waals surface area contributed by atoms with E-state index in [1.165, 1.54) is 32.4 Å². The number of ether oxygens (including phenoxy) is 3. The van der Waals surface area contributed by atoms with Gasteiger partial charge in [-0.15, -0.1) is 0 Å². The molecule has 5 nitrogen and oxygen atoms in total. The van der Waals surface area contributed by atoms with E-state index in [9.17, 15) is 14.3 Å². The molecule has 0 aromatic heterocycles. The van der Waals surface area contributed by atoms with Crippen molar-refractivity contribution in [3.8, 4) is 17.2 Å². The molecule has 0 aliphatic rings. The average molecular weight is 360 g/mol. The first-order valence-corrected chi connectivity index (χ1v) is 7.90. The number of carbonyl (C=O) groups excluding carboxylic acids is 1. The third-order valence-corrected chi connectivity index (χ3v) is 3.91. The summed E-state index contributed by atoms with van der Waals surface area (Å²) < 4.78 is 28.7. The summed E-state index contributed by atoms with van der Waals surface area (Å²) in [5.41, 5.74) is 1.70. The first-order chi connectivity index (χ1) is 12.4. The van der Waals surface area contributed by atoms with Gasteiger partial charge in [-0.1, -0.05) is 18.2 Å². The molecule has 138 valence electrons. The Kier molecular flexibility index (Phi) is 6.36. The smallest absolute Gasteiger partial charge is 0.193 e. The van der Waals surface area contributed by atoms with Crippen molar-refractivity contribution in [3.63, 3.8) is 0 Å². The molecule has 2 aromatic carbocycles. The van der Waals surface area contributed by atoms with Gasteiger partial charge in [-0.25, -0.2) is 4.39 Å². The van der Waals surface area contributed by atoms with E-state index in [-0.39, 0.29) is 29.7 Å². The molecule has 0 spiro atoms. The van der Waals surface area contributed by atoms with E-state index in [0.717, 1.165) is 0 Å². The van der Waals surface area contributed by atoms with Gasteiger partial charge in [-0.2, -0.15) is 0 Å². The van der Waals surface area contributed by atoms with Crippen LogP contribution in [0.4, 0.5) is 4.39 Å². The fraction of sp³-hybridized carbons (Fsp3) is 0.250. The molecule has 0 atom stereocenters. The number of phenolic OH excluding ortho intramolecular Hbond substituents is 1. The van der Waals surface area contributed by atoms with E-state index in [1.54, 1.807) is 32.1 Å². The quantitative estimate of drug-likeness (QED) is 0.459. The van der Waals surface area contributed by atoms with E-state index in [0.29, 0.717) is 22.4 Å². The number of rotatable bonds is 7. The van der Waals surface area contributed by atoms with Gasteiger partial charge in [-0.05, 0) is 37.6 Å². The monoisotopic (exact) mass is 360 g/mol. The molecule has 2 rings (SSSR count). The Morgan fingerprint density at radius 1 is 1.12 bits per heavy atom. The largest absolute Gasteiger partial charge is 0.507 e. The number of phenols is 1. The van der Waals surface area contributed by atoms with E-state index in [4.69, 9.17) is 14.2 Å². The number of methoxy groups -OCH3 is 2. The predicted molar refractivity (Wildman–Crippen MR) is 96.4 cm³/mol. The van der Waals surface area contributed by atoms with Gasteiger partial charge < -0.3 is 19.3 Å². The van der Waals surface area contributed by atoms with Crippen LogP contribution in [0.15, 0.2) is 30.3 Å². The van der Waals surface area contributed by atoms with Crippen LogP contribution in [-0.2, 0) is 4.74 Å². The van der Waals surface area contributed by atoms with E-state index < -0.39 is 5.78 Å². The van der Waals surface area contributed by atoms with Crippen molar-refractivity contribution in [2.24, 2.45) is 0 Å². The normalized spacial score (nSPS) is 11.0. The molecular formula is C20H21FO5. The van der Waals surface area contributed by atoms with Crippen LogP contribution >= 0.6 is 0 Å². The zero-order valence-corrected chi connectivity index (χ0v) is 15.1. The minimum Gasteiger partial charge on any atom is -0.507 e. The summed E-state index contributed by atoms with van der Waals surface area (Å²) >= 11 is 0. The number of carbonyl (C=O) groups is 1. The van der Waals surface area contributed by atoms with Gasteiger partial charge in [0.25, 0.3) is 0 Å². The molecule has 0 heterocycles. The van der Waals surface area contributed by atoms with Crippen molar-refractivity contribution >= 4 is 11.9 Å². The Balaban J connectivity index is 2.44. The lowest BCUT2D eigenvalue weighted by molar-refractivity contribution is 0.0497. The summed E-state index contributed by atoms with van der Waals surface area (Å²) in [6.45, 7) is 3.38. The fourth-order valence-electron chi connectivity index (χ4n) is 2.62. The number of benzene rings is 2. The van der Waals surface area contributed by atoms with Crippen molar-refractivity contribution in [3.05, 3.63) is 58.4 Å². The van der Waals surface area contributed by atoms with E-state index in [2.05, 4.69) is 0 Å². The molecule has 0 fully saturated rings. The number of hydrogen-bond donors (Lipinski definition) is 1. The zero-order chi connectivity index (χ0) is 19.3. The second-order valence-corrected chi connectivity index (χ2v) is 5.64. The van der Waals surface area contributed by atoms with Crippen molar-refractivity contribution in [1.82, 2.24) is 0 Å². The van der Waals surface area contributed by atoms with Gasteiger partial charge in [0, 0.05) is 18.2 Å². The van der Waals surface area contributed by atoms with Crippen molar-refractivity contribution in [1.29, 1.82) is 0 Å². The summed E-state index contributed by atoms with van der Waals surface area (Å²) in [5, 5.41) is 10.5. The summed E-state index contributed by atoms with van der Waals surface area (Å²) in [6, 6.07) is 5.71. The van der Waals surface area contributed by atoms with Crippen LogP contribution < -0.4 is 9.47 Å². The average Bonchev–Trinajstić information content (AvgIpc) is 2.63. The second-order valence-electron chi connectivity index (χ2n) is 5.64. The number of hydrogen-bond acceptors (Lipinski definition) is 5. The molecule has 0 saturated heterocycles. The Bertz CT molecular complexity index is 825. The van der Waals surface area contributed by atoms with Crippen molar-refractivity contribution in [2.45, 2.75) is 13.8 Å². The predicted octanol–water partition coefficient (Wildman–Crippen LogP) is 4.04. The van der Waals surface area contributed by atoms with Crippen molar-refractivity contribution < 1.29 is 28.5 Å². The van der Waals surface area contributed by atoms with Crippen LogP contribution in [0.2, 0.25) is 0 Å². The van der Waals surface area contributed by atoms with Gasteiger partial charge in [0.1, 0.15) is 28.6 Å². The van der Waals surface area contributed by atoms with Crippen LogP contribution in [0.1, 0.15) is 27.0 Å². The standard InChI is InChI=1S/C20H21FO5/c1-12-18(23)17(20(25-4)13(2)19(12)26-11-24-3)16(22)10-7-14-5-8-15(21)9-6-14/h5-10,23H,11H2,1-4H3/b10-7+. The second kappa shape index (κ2) is 8.49. The van der Waals surface area contributed by atoms with Gasteiger partial charge in [0.15, 0.2) is 12.6 Å². The molecule has 0 amide bonds. The van der Waals surface area contributed by atoms with Gasteiger partial charge in [0.2, 0.25) is 0 Å². The Hall–Kier alpha value is -2.86. The van der Waals surface area contributed by atoms with Crippen LogP contribution in [0.25, 0.3) is 6.08 Å². The molecule has 0 aliphatic carbocycles. The van der Waals surface area contributed by atoms with E-state index in [1.807, 2.05) is 0 Å². The van der Waals surface area contributed by atoms with Crippen LogP contribution in [-0.4, -0.2) is 31.9 Å². The highest BCUT2D eigenvalue weighted by molar-refractivity contribution is 6.11. The maximum Gasteiger partial charge on any atom is 0.193 e. The third-order valence-electron chi connectivity index (χ3n) is 3.91. The Morgan fingerprint density at radius 3 is 2.35 bits per heavy atom. The summed E-state index contributed by atoms with van der Waals surface area (Å²) in [6.07, 6.45) is 2.85. The first-order valence-electron chi connectivity index (χ1n) is 7.90. The van der Waals surface area contributed by atoms with Gasteiger partial charge in [-0.3, -0.25) is 4.79 Å². The lowest BCUT2D eigenvalue weighted by Gasteiger charge is -2.18. The topological polar surface area (TPSA) is 65.0 Å². The van der Waals surface area contributed by atoms with E-state index >= 15 is 0 Å². The number of halogens is 1. The molecule has 0 unspecified atom stereocenters. The van der Waals surface area contributed by atoms with Gasteiger partial charge in [0.05, 0.1) is 7.11 Å². The lowest BCUT2D eigenvalue weighted by atomic mass is 9.98. The maximum atomic E-state index is 13.0. The molecule has 6 heteroatoms. The summed E-state index contributed by atoms with van der Waals surface area (Å²) in [7, 11) is 2.90. The molecular weight excluding hydrogens is 339 g/mol. The van der Waals surface area contributed by atoms with Crippen LogP contribution in [0.5, 0.6) is 17.2 Å². The van der Waals surface area contributed by atoms with Crippen LogP contribution in [0, 0.1) is 19.7 Å². The molecule has 0 saturated carbocycles. The molecule has 0 bridgehead atoms. The molecule has 0 radical (unpaired) electrons. The highest BCUT2D eigenvalue weighted by Gasteiger charge is 2.24. The number of allylic oxidation sites excluding steroid dienone is 1. The molecule has 2 aromatic rings. The Morgan fingerprint density at radius 2 is 1.77 bits per heavy atom. The number of ketones is 1. The van der Waals surface area contributed by atoms with Crippen molar-refractivity contribution in [2.75, 3.05) is 21.0 Å². The summed E-state index contributed by atoms with van der Waals surface area (Å²) in [5.74, 6) is -0.376. The summed E-state index contributed by atoms with van der Waals surface area (Å²) in [4.78, 5) is 12.6. The third kappa shape index (κ3) is 4.03. The number of aromatic hydroxyl groups is 1. The fourth-order valence-corrected chi connectivity index (χ4v) is 2.62. The zero-order valence-electron chi connectivity index (χ0n) is 15.1. The maximum absolute atomic E-state index is 13.0. The lowest BCUT2D eigenvalue weighted by Crippen LogP contribution is -2.08. The molecule has 0 aliphatic heterocycles. The minimum absolute atomic E-state index is 0.00202. The highest BCUT2D eigenvalue weighted by atomic mass is 19.1. The SMILES string of the molecule is COCOc1c(C)c(O)c(C(=O)/C=C/c2ccc(F)cc2)c(OC)c1C. The Labute approximate surface area is 151 Å².